The van der Waals surface area contributed by atoms with Crippen LogP contribution in [0, 0.1) is 0 Å². The molecular formula is C22H22N6O. The van der Waals surface area contributed by atoms with E-state index in [1.54, 1.807) is 24.7 Å². The number of hydrazone groups is 1. The minimum absolute atomic E-state index is 0.294. The second-order valence-corrected chi connectivity index (χ2v) is 6.84. The van der Waals surface area contributed by atoms with Gasteiger partial charge in [0, 0.05) is 36.6 Å². The Labute approximate surface area is 169 Å². The Morgan fingerprint density at radius 3 is 2.62 bits per heavy atom. The van der Waals surface area contributed by atoms with Crippen LogP contribution in [0.3, 0.4) is 0 Å². The fraction of sp³-hybridized carbons (Fsp3) is 0.227. The average molecular weight is 386 g/mol. The molecule has 0 unspecified atom stereocenters. The summed E-state index contributed by atoms with van der Waals surface area (Å²) in [5.41, 5.74) is 5.31. The summed E-state index contributed by atoms with van der Waals surface area (Å²) in [6.07, 6.45) is 8.33. The van der Waals surface area contributed by atoms with Gasteiger partial charge in [0.2, 0.25) is 5.95 Å². The topological polar surface area (TPSA) is 83.4 Å². The zero-order chi connectivity index (χ0) is 19.9. The molecule has 7 nitrogen and oxygen atoms in total. The molecule has 0 bridgehead atoms. The van der Waals surface area contributed by atoms with E-state index in [1.807, 2.05) is 42.5 Å². The molecule has 0 spiro atoms. The van der Waals surface area contributed by atoms with Crippen LogP contribution in [0.5, 0.6) is 0 Å². The fourth-order valence-corrected chi connectivity index (χ4v) is 3.22. The molecule has 1 N–H and O–H groups in total. The van der Waals surface area contributed by atoms with E-state index in [9.17, 15) is 4.79 Å². The van der Waals surface area contributed by atoms with E-state index in [0.29, 0.717) is 11.6 Å². The lowest BCUT2D eigenvalue weighted by molar-refractivity contribution is 0.0950. The Morgan fingerprint density at radius 2 is 1.86 bits per heavy atom. The van der Waals surface area contributed by atoms with E-state index >= 15 is 0 Å². The zero-order valence-electron chi connectivity index (χ0n) is 16.0. The monoisotopic (exact) mass is 386 g/mol. The first-order valence-electron chi connectivity index (χ1n) is 9.72. The third-order valence-corrected chi connectivity index (χ3v) is 4.72. The van der Waals surface area contributed by atoms with Crippen LogP contribution in [-0.4, -0.2) is 40.2 Å². The number of rotatable bonds is 5. The highest BCUT2D eigenvalue weighted by Crippen LogP contribution is 2.22. The third kappa shape index (κ3) is 4.82. The molecule has 3 heterocycles. The molecule has 1 amide bonds. The summed E-state index contributed by atoms with van der Waals surface area (Å²) in [4.78, 5) is 28.1. The number of carbonyl (C=O) groups excluding carboxylic acids is 1. The molecule has 1 fully saturated rings. The molecule has 1 aromatic carbocycles. The van der Waals surface area contributed by atoms with Crippen LogP contribution in [0.15, 0.2) is 66.0 Å². The summed E-state index contributed by atoms with van der Waals surface area (Å²) in [5, 5.41) is 4.02. The number of amides is 1. The zero-order valence-corrected chi connectivity index (χ0v) is 16.0. The quantitative estimate of drug-likeness (QED) is 0.537. The van der Waals surface area contributed by atoms with Gasteiger partial charge in [-0.3, -0.25) is 9.78 Å². The lowest BCUT2D eigenvalue weighted by Crippen LogP contribution is -2.32. The van der Waals surface area contributed by atoms with E-state index in [2.05, 4.69) is 25.4 Å². The van der Waals surface area contributed by atoms with Crippen molar-refractivity contribution in [2.24, 2.45) is 5.10 Å². The van der Waals surface area contributed by atoms with Crippen molar-refractivity contribution in [2.45, 2.75) is 19.3 Å². The number of nitrogens with zero attached hydrogens (tertiary/aromatic N) is 5. The fourth-order valence-electron chi connectivity index (χ4n) is 3.22. The first-order chi connectivity index (χ1) is 14.3. The van der Waals surface area contributed by atoms with Gasteiger partial charge in [-0.2, -0.15) is 5.10 Å². The Morgan fingerprint density at radius 1 is 1.03 bits per heavy atom. The molecular weight excluding hydrogens is 364 g/mol. The van der Waals surface area contributed by atoms with Crippen molar-refractivity contribution in [3.05, 3.63) is 72.2 Å². The lowest BCUT2D eigenvalue weighted by atomic mass is 10.1. The van der Waals surface area contributed by atoms with Gasteiger partial charge in [0.15, 0.2) is 0 Å². The second-order valence-electron chi connectivity index (χ2n) is 6.84. The maximum absolute atomic E-state index is 12.7. The summed E-state index contributed by atoms with van der Waals surface area (Å²) in [5.74, 6) is 0.218. The molecule has 29 heavy (non-hydrogen) atoms. The molecule has 1 saturated heterocycles. The highest BCUT2D eigenvalue weighted by atomic mass is 16.2. The SMILES string of the molecule is O=C(N/N=C/c1cccnc1)c1cc(-c2ccccc2)nc(N2CCCCC2)n1. The van der Waals surface area contributed by atoms with Gasteiger partial charge in [0.1, 0.15) is 5.69 Å². The van der Waals surface area contributed by atoms with Crippen LogP contribution in [0.1, 0.15) is 35.3 Å². The molecule has 1 aliphatic rings. The van der Waals surface area contributed by atoms with Gasteiger partial charge < -0.3 is 4.90 Å². The number of hydrogen-bond acceptors (Lipinski definition) is 6. The number of benzene rings is 1. The third-order valence-electron chi connectivity index (χ3n) is 4.72. The summed E-state index contributed by atoms with van der Waals surface area (Å²) in [6, 6.07) is 15.2. The van der Waals surface area contributed by atoms with Crippen molar-refractivity contribution in [1.82, 2.24) is 20.4 Å². The predicted molar refractivity (Wildman–Crippen MR) is 113 cm³/mol. The summed E-state index contributed by atoms with van der Waals surface area (Å²) < 4.78 is 0. The maximum atomic E-state index is 12.7. The van der Waals surface area contributed by atoms with Crippen LogP contribution in [0.4, 0.5) is 5.95 Å². The molecule has 0 aliphatic carbocycles. The number of carbonyl (C=O) groups is 1. The van der Waals surface area contributed by atoms with Crippen molar-refractivity contribution in [1.29, 1.82) is 0 Å². The summed E-state index contributed by atoms with van der Waals surface area (Å²) >= 11 is 0. The Bertz CT molecular complexity index is 985. The molecule has 1 aliphatic heterocycles. The minimum Gasteiger partial charge on any atom is -0.341 e. The van der Waals surface area contributed by atoms with Crippen LogP contribution in [0.2, 0.25) is 0 Å². The highest BCUT2D eigenvalue weighted by molar-refractivity contribution is 5.94. The van der Waals surface area contributed by atoms with Crippen LogP contribution in [-0.2, 0) is 0 Å². The molecule has 3 aromatic rings. The molecule has 0 radical (unpaired) electrons. The molecule has 146 valence electrons. The van der Waals surface area contributed by atoms with E-state index < -0.39 is 0 Å². The van der Waals surface area contributed by atoms with Gasteiger partial charge in [-0.05, 0) is 31.4 Å². The number of pyridine rings is 1. The predicted octanol–water partition coefficient (Wildman–Crippen LogP) is 3.29. The Balaban J connectivity index is 1.60. The van der Waals surface area contributed by atoms with Crippen molar-refractivity contribution in [2.75, 3.05) is 18.0 Å². The number of nitrogens with one attached hydrogen (secondary N) is 1. The van der Waals surface area contributed by atoms with Crippen molar-refractivity contribution < 1.29 is 4.79 Å². The Kier molecular flexibility index (Phi) is 5.85. The van der Waals surface area contributed by atoms with Gasteiger partial charge in [0.25, 0.3) is 5.91 Å². The lowest BCUT2D eigenvalue weighted by Gasteiger charge is -2.27. The van der Waals surface area contributed by atoms with Gasteiger partial charge in [-0.25, -0.2) is 15.4 Å². The summed E-state index contributed by atoms with van der Waals surface area (Å²) in [7, 11) is 0. The molecule has 0 atom stereocenters. The number of hydrogen-bond donors (Lipinski definition) is 1. The van der Waals surface area contributed by atoms with E-state index in [-0.39, 0.29) is 5.91 Å². The van der Waals surface area contributed by atoms with E-state index in [1.165, 1.54) is 6.42 Å². The molecule has 0 saturated carbocycles. The largest absolute Gasteiger partial charge is 0.341 e. The van der Waals surface area contributed by atoms with Gasteiger partial charge >= 0.3 is 0 Å². The maximum Gasteiger partial charge on any atom is 0.290 e. The number of piperidine rings is 1. The number of aromatic nitrogens is 3. The second kappa shape index (κ2) is 9.05. The van der Waals surface area contributed by atoms with Crippen molar-refractivity contribution in [3.8, 4) is 11.3 Å². The van der Waals surface area contributed by atoms with Gasteiger partial charge in [0.05, 0.1) is 11.9 Å². The minimum atomic E-state index is -0.372. The van der Waals surface area contributed by atoms with Crippen LogP contribution in [0.25, 0.3) is 11.3 Å². The average Bonchev–Trinajstić information content (AvgIpc) is 2.80. The van der Waals surface area contributed by atoms with Gasteiger partial charge in [-0.15, -0.1) is 0 Å². The van der Waals surface area contributed by atoms with Crippen molar-refractivity contribution >= 4 is 18.1 Å². The molecule has 4 rings (SSSR count). The summed E-state index contributed by atoms with van der Waals surface area (Å²) in [6.45, 7) is 1.80. The highest BCUT2D eigenvalue weighted by Gasteiger charge is 2.18. The normalized spacial score (nSPS) is 14.1. The number of anilines is 1. The van der Waals surface area contributed by atoms with Crippen LogP contribution < -0.4 is 10.3 Å². The molecule has 2 aromatic heterocycles. The first-order valence-corrected chi connectivity index (χ1v) is 9.72. The first kappa shape index (κ1) is 18.7. The van der Waals surface area contributed by atoms with Crippen LogP contribution >= 0.6 is 0 Å². The van der Waals surface area contributed by atoms with E-state index in [0.717, 1.165) is 42.8 Å². The standard InChI is InChI=1S/C22H22N6O/c29-21(27-24-16-17-8-7-11-23-15-17)20-14-19(18-9-3-1-4-10-18)25-22(26-20)28-12-5-2-6-13-28/h1,3-4,7-11,14-16H,2,5-6,12-13H2,(H,27,29)/b24-16+. The van der Waals surface area contributed by atoms with Gasteiger partial charge in [-0.1, -0.05) is 36.4 Å². The molecule has 7 heteroatoms. The van der Waals surface area contributed by atoms with E-state index in [4.69, 9.17) is 4.98 Å². The Hall–Kier alpha value is -3.61. The smallest absolute Gasteiger partial charge is 0.290 e. The van der Waals surface area contributed by atoms with Crippen molar-refractivity contribution in [3.63, 3.8) is 0 Å².